The van der Waals surface area contributed by atoms with Gasteiger partial charge in [0, 0.05) is 24.0 Å². The topological polar surface area (TPSA) is 261 Å². The van der Waals surface area contributed by atoms with Gasteiger partial charge in [0.1, 0.15) is 12.5 Å². The van der Waals surface area contributed by atoms with Crippen LogP contribution in [0, 0.1) is 5.92 Å². The number of carboxylic acid groups (broad SMARTS) is 1. The number of aliphatic hydroxyl groups excluding tert-OH is 2. The first-order valence-electron chi connectivity index (χ1n) is 15.8. The van der Waals surface area contributed by atoms with Crippen molar-refractivity contribution in [3.63, 3.8) is 0 Å². The highest BCUT2D eigenvalue weighted by atomic mass is 16.6. The fourth-order valence-electron chi connectivity index (χ4n) is 6.16. The number of nitrogens with one attached hydrogen (secondary N) is 1. The van der Waals surface area contributed by atoms with Crippen molar-refractivity contribution in [2.24, 2.45) is 5.92 Å². The Morgan fingerprint density at radius 3 is 2.20 bits per heavy atom. The molecule has 0 radical (unpaired) electrons. The van der Waals surface area contributed by atoms with Gasteiger partial charge in [-0.2, -0.15) is 0 Å². The number of hydrogen-bond acceptors (Lipinski definition) is 14. The molecule has 9 N–H and O–H groups in total. The van der Waals surface area contributed by atoms with E-state index in [1.807, 2.05) is 6.92 Å². The number of hydrogen-bond donors (Lipinski definition) is 9. The number of rotatable bonds is 13. The van der Waals surface area contributed by atoms with Crippen molar-refractivity contribution in [2.75, 3.05) is 7.05 Å². The zero-order chi connectivity index (χ0) is 37.7. The monoisotopic (exact) mass is 709 g/mol. The molecule has 0 aliphatic heterocycles. The summed E-state index contributed by atoms with van der Waals surface area (Å²) in [5.74, 6) is -9.15. The second-order valence-corrected chi connectivity index (χ2v) is 12.2. The number of aromatic hydroxyl groups is 4. The number of benzene rings is 3. The van der Waals surface area contributed by atoms with E-state index < -0.39 is 95.1 Å². The lowest BCUT2D eigenvalue weighted by Gasteiger charge is -2.54. The van der Waals surface area contributed by atoms with Crippen LogP contribution in [-0.4, -0.2) is 101 Å². The van der Waals surface area contributed by atoms with Crippen LogP contribution in [0.25, 0.3) is 6.08 Å². The molecule has 1 saturated carbocycles. The molecule has 15 heteroatoms. The average molecular weight is 710 g/mol. The van der Waals surface area contributed by atoms with Crippen LogP contribution < -0.4 is 5.32 Å². The predicted octanol–water partition coefficient (Wildman–Crippen LogP) is 1.53. The normalized spacial score (nSPS) is 23.7. The van der Waals surface area contributed by atoms with Gasteiger partial charge in [0.25, 0.3) is 0 Å². The Hall–Kier alpha value is -5.48. The molecule has 0 spiro atoms. The second-order valence-electron chi connectivity index (χ2n) is 12.2. The number of carbonyl (C=O) groups excluding carboxylic acids is 3. The third-order valence-electron chi connectivity index (χ3n) is 8.92. The highest BCUT2D eigenvalue weighted by Crippen LogP contribution is 2.47. The predicted molar refractivity (Wildman–Crippen MR) is 178 cm³/mol. The first-order chi connectivity index (χ1) is 24.0. The molecule has 0 aromatic heterocycles. The number of ether oxygens (including phenoxy) is 2. The summed E-state index contributed by atoms with van der Waals surface area (Å²) in [5.41, 5.74) is -4.26. The number of Topliss-reactive ketones (excluding diaryl/α,β-unsaturated/α-hetero) is 1. The summed E-state index contributed by atoms with van der Waals surface area (Å²) in [6, 6.07) is 13.5. The summed E-state index contributed by atoms with van der Waals surface area (Å²) in [6.07, 6.45) is -6.25. The van der Waals surface area contributed by atoms with Gasteiger partial charge in [-0.25, -0.2) is 9.59 Å². The van der Waals surface area contributed by atoms with Crippen LogP contribution in [-0.2, 0) is 36.7 Å². The highest BCUT2D eigenvalue weighted by molar-refractivity contribution is 6.06. The lowest BCUT2D eigenvalue weighted by molar-refractivity contribution is -0.285. The molecule has 6 atom stereocenters. The number of aliphatic hydroxyl groups is 3. The van der Waals surface area contributed by atoms with Gasteiger partial charge in [-0.1, -0.05) is 37.3 Å². The lowest BCUT2D eigenvalue weighted by Crippen LogP contribution is -2.76. The molecule has 0 unspecified atom stereocenters. The number of esters is 2. The molecule has 0 bridgehead atoms. The van der Waals surface area contributed by atoms with Crippen LogP contribution in [0.15, 0.2) is 66.7 Å². The number of likely N-dealkylation sites (N-methyl/N-ethyl adjacent to an activating group) is 1. The molecule has 15 nitrogen and oxygen atoms in total. The molecular formula is C36H39NO14. The number of aryl methyl sites for hydroxylation is 1. The smallest absolute Gasteiger partial charge is 0.336 e. The van der Waals surface area contributed by atoms with Crippen molar-refractivity contribution >= 4 is 29.8 Å². The minimum Gasteiger partial charge on any atom is -0.504 e. The van der Waals surface area contributed by atoms with Gasteiger partial charge in [-0.05, 0) is 73.0 Å². The zero-order valence-corrected chi connectivity index (χ0v) is 27.6. The van der Waals surface area contributed by atoms with Crippen molar-refractivity contribution in [1.29, 1.82) is 0 Å². The standard InChI is InChI=1S/C36H39NO14/c1-3-19-5-4-6-21(13-19)14-23-32(50-31(45)17-26(40)22-9-11-25(39)28(42)16-22)36(33(46)37-2,29(43)18-35(23,49)34(47)48)51-30(44)12-8-20-7-10-24(38)27(41)15-20/h4-13,15-16,23,29,32-33,37-39,41-43,46,49H,3,14,17-18H2,1-2H3,(H,47,48)/t23-,29-,32-,33-,35-,36+/m1/s1. The Morgan fingerprint density at radius 2 is 1.59 bits per heavy atom. The number of phenols is 4. The first kappa shape index (κ1) is 38.3. The third kappa shape index (κ3) is 8.13. The van der Waals surface area contributed by atoms with Crippen molar-refractivity contribution in [3.05, 3.63) is 89.0 Å². The number of ketones is 1. The van der Waals surface area contributed by atoms with Gasteiger partial charge in [0.15, 0.2) is 46.7 Å². The van der Waals surface area contributed by atoms with Gasteiger partial charge in [0.05, 0.1) is 0 Å². The molecule has 1 fully saturated rings. The third-order valence-corrected chi connectivity index (χ3v) is 8.92. The van der Waals surface area contributed by atoms with E-state index in [9.17, 15) is 60.0 Å². The molecule has 0 saturated heterocycles. The van der Waals surface area contributed by atoms with Gasteiger partial charge >= 0.3 is 17.9 Å². The van der Waals surface area contributed by atoms with Crippen molar-refractivity contribution in [2.45, 2.75) is 62.2 Å². The van der Waals surface area contributed by atoms with E-state index in [-0.39, 0.29) is 17.5 Å². The quantitative estimate of drug-likeness (QED) is 0.0304. The van der Waals surface area contributed by atoms with Crippen LogP contribution in [0.3, 0.4) is 0 Å². The molecule has 51 heavy (non-hydrogen) atoms. The molecule has 4 rings (SSSR count). The summed E-state index contributed by atoms with van der Waals surface area (Å²) in [6.45, 7) is 1.87. The summed E-state index contributed by atoms with van der Waals surface area (Å²) in [5, 5.41) is 86.3. The van der Waals surface area contributed by atoms with Crippen LogP contribution >= 0.6 is 0 Å². The number of phenolic OH excluding ortho intramolecular Hbond substituents is 4. The Balaban J connectivity index is 1.83. The summed E-state index contributed by atoms with van der Waals surface area (Å²) in [7, 11) is 1.21. The molecule has 272 valence electrons. The number of aliphatic carboxylic acids is 1. The van der Waals surface area contributed by atoms with Crippen LogP contribution in [0.4, 0.5) is 0 Å². The van der Waals surface area contributed by atoms with Crippen LogP contribution in [0.1, 0.15) is 46.8 Å². The maximum atomic E-state index is 13.5. The van der Waals surface area contributed by atoms with E-state index in [0.29, 0.717) is 12.0 Å². The Labute approximate surface area is 291 Å². The van der Waals surface area contributed by atoms with Crippen LogP contribution in [0.2, 0.25) is 0 Å². The minimum absolute atomic E-state index is 0.209. The van der Waals surface area contributed by atoms with E-state index in [1.54, 1.807) is 24.3 Å². The maximum absolute atomic E-state index is 13.5. The lowest BCUT2D eigenvalue weighted by atomic mass is 9.62. The maximum Gasteiger partial charge on any atom is 0.336 e. The molecule has 3 aromatic carbocycles. The Bertz CT molecular complexity index is 1820. The summed E-state index contributed by atoms with van der Waals surface area (Å²) >= 11 is 0. The van der Waals surface area contributed by atoms with E-state index in [0.717, 1.165) is 48.0 Å². The zero-order valence-electron chi connectivity index (χ0n) is 27.6. The minimum atomic E-state index is -2.85. The summed E-state index contributed by atoms with van der Waals surface area (Å²) in [4.78, 5) is 52.7. The van der Waals surface area contributed by atoms with Gasteiger partial charge in [0.2, 0.25) is 5.60 Å². The van der Waals surface area contributed by atoms with Crippen LogP contribution in [0.5, 0.6) is 23.0 Å². The van der Waals surface area contributed by atoms with Crippen molar-refractivity contribution in [3.8, 4) is 23.0 Å². The first-order valence-corrected chi connectivity index (χ1v) is 15.8. The number of carbonyl (C=O) groups is 4. The van der Waals surface area contributed by atoms with E-state index >= 15 is 0 Å². The largest absolute Gasteiger partial charge is 0.504 e. The molecule has 1 aliphatic carbocycles. The molecule has 3 aromatic rings. The second kappa shape index (κ2) is 15.6. The Morgan fingerprint density at radius 1 is 0.941 bits per heavy atom. The molecule has 0 amide bonds. The SMILES string of the molecule is CCc1cccc(C[C@@H]2[C@@H](OC(=O)CC(=O)c3ccc(O)c(O)c3)[C@](OC(=O)C=Cc3ccc(O)c(O)c3)([C@@H](O)NC)[C@H](O)C[C@]2(O)C(=O)O)c1. The van der Waals surface area contributed by atoms with Gasteiger partial charge in [-0.15, -0.1) is 0 Å². The summed E-state index contributed by atoms with van der Waals surface area (Å²) < 4.78 is 11.4. The van der Waals surface area contributed by atoms with E-state index in [4.69, 9.17) is 9.47 Å². The van der Waals surface area contributed by atoms with Gasteiger partial charge in [-0.3, -0.25) is 14.9 Å². The fourth-order valence-corrected chi connectivity index (χ4v) is 6.16. The highest BCUT2D eigenvalue weighted by Gasteiger charge is 2.69. The van der Waals surface area contributed by atoms with Crippen molar-refractivity contribution in [1.82, 2.24) is 5.32 Å². The number of carboxylic acids is 1. The molecule has 1 aliphatic rings. The molecular weight excluding hydrogens is 670 g/mol. The van der Waals surface area contributed by atoms with E-state index in [2.05, 4.69) is 5.32 Å². The molecule has 0 heterocycles. The fraction of sp³-hybridized carbons (Fsp3) is 0.333. The van der Waals surface area contributed by atoms with Gasteiger partial charge < -0.3 is 50.3 Å². The Kier molecular flexibility index (Phi) is 11.7. The average Bonchev–Trinajstić information content (AvgIpc) is 3.09. The van der Waals surface area contributed by atoms with Crippen molar-refractivity contribution < 1.29 is 69.5 Å². The van der Waals surface area contributed by atoms with E-state index in [1.165, 1.54) is 13.1 Å².